The first-order chi connectivity index (χ1) is 15.5. The van der Waals surface area contributed by atoms with Crippen molar-refractivity contribution in [2.75, 3.05) is 6.26 Å². The zero-order valence-corrected chi connectivity index (χ0v) is 20.7. The van der Waals surface area contributed by atoms with Crippen molar-refractivity contribution >= 4 is 15.9 Å². The minimum Gasteiger partial charge on any atom is -0.473 e. The lowest BCUT2D eigenvalue weighted by Crippen LogP contribution is -2.50. The van der Waals surface area contributed by atoms with E-state index in [0.29, 0.717) is 5.88 Å². The van der Waals surface area contributed by atoms with Gasteiger partial charge in [-0.15, -0.1) is 0 Å². The molecular formula is C23H35N3O6S. The Hall–Kier alpha value is -1.94. The lowest BCUT2D eigenvalue weighted by Gasteiger charge is -2.41. The molecule has 0 N–H and O–H groups in total. The van der Waals surface area contributed by atoms with E-state index >= 15 is 0 Å². The Morgan fingerprint density at radius 3 is 2.06 bits per heavy atom. The molecule has 3 heterocycles. The van der Waals surface area contributed by atoms with Crippen LogP contribution in [0.5, 0.6) is 5.88 Å². The number of sulfone groups is 1. The molecule has 3 atom stereocenters. The Morgan fingerprint density at radius 1 is 0.939 bits per heavy atom. The van der Waals surface area contributed by atoms with E-state index in [1.54, 1.807) is 0 Å². The summed E-state index contributed by atoms with van der Waals surface area (Å²) in [5.41, 5.74) is -0.480. The van der Waals surface area contributed by atoms with E-state index in [0.717, 1.165) is 57.6 Å². The number of nitrogens with zero attached hydrogens (tertiary/aromatic N) is 3. The van der Waals surface area contributed by atoms with Crippen LogP contribution in [0.3, 0.4) is 0 Å². The summed E-state index contributed by atoms with van der Waals surface area (Å²) in [5, 5.41) is -0.0568. The van der Waals surface area contributed by atoms with Crippen LogP contribution in [-0.4, -0.2) is 71.6 Å². The van der Waals surface area contributed by atoms with Gasteiger partial charge in [-0.25, -0.2) is 23.2 Å². The first kappa shape index (κ1) is 24.2. The molecule has 2 aliphatic heterocycles. The standard InChI is InChI=1S/C23H35N3O6S/c1-23(2,3)32-22(27)26-15-5-6-16(26)12-19(11-15)30-17-7-9-18(10-8-17)31-20-13-25-21(14-24-20)33(4,28)29/h13-19H,5-12H2,1-4H3/t15-,16+,17?,18?,19?. The number of rotatable bonds is 5. The SMILES string of the molecule is CC(C)(C)OC(=O)N1[C@@H]2CC[C@H]1CC(OC1CCC(Oc3cnc(S(C)(=O)=O)cn3)CC1)C2. The third kappa shape index (κ3) is 6.15. The molecule has 1 amide bonds. The normalized spacial score (nSPS) is 30.2. The molecule has 1 aliphatic carbocycles. The van der Waals surface area contributed by atoms with Gasteiger partial charge in [-0.2, -0.15) is 0 Å². The maximum absolute atomic E-state index is 12.6. The molecule has 1 saturated carbocycles. The molecule has 2 saturated heterocycles. The fraction of sp³-hybridized carbons (Fsp3) is 0.783. The summed E-state index contributed by atoms with van der Waals surface area (Å²) in [4.78, 5) is 22.6. The van der Waals surface area contributed by atoms with E-state index in [2.05, 4.69) is 9.97 Å². The number of hydrogen-bond acceptors (Lipinski definition) is 8. The van der Waals surface area contributed by atoms with E-state index in [-0.39, 0.29) is 41.5 Å². The Balaban J connectivity index is 1.23. The predicted octanol–water partition coefficient (Wildman–Crippen LogP) is 3.52. The van der Waals surface area contributed by atoms with Gasteiger partial charge in [-0.05, 0) is 72.1 Å². The maximum Gasteiger partial charge on any atom is 0.410 e. The monoisotopic (exact) mass is 481 g/mol. The third-order valence-corrected chi connectivity index (χ3v) is 7.54. The maximum atomic E-state index is 12.6. The topological polar surface area (TPSA) is 108 Å². The summed E-state index contributed by atoms with van der Waals surface area (Å²) < 4.78 is 41.0. The number of ether oxygens (including phenoxy) is 3. The molecule has 184 valence electrons. The van der Waals surface area contributed by atoms with Crippen LogP contribution < -0.4 is 4.74 Å². The fourth-order valence-electron chi connectivity index (χ4n) is 5.14. The first-order valence-electron chi connectivity index (χ1n) is 11.8. The van der Waals surface area contributed by atoms with Crippen molar-refractivity contribution in [1.29, 1.82) is 0 Å². The molecule has 0 radical (unpaired) electrons. The van der Waals surface area contributed by atoms with Gasteiger partial charge in [0.05, 0.1) is 24.6 Å². The van der Waals surface area contributed by atoms with Crippen molar-refractivity contribution in [2.45, 2.75) is 113 Å². The summed E-state index contributed by atoms with van der Waals surface area (Å²) >= 11 is 0. The number of carbonyl (C=O) groups excluding carboxylic acids is 1. The zero-order chi connectivity index (χ0) is 23.8. The summed E-state index contributed by atoms with van der Waals surface area (Å²) in [7, 11) is -3.37. The van der Waals surface area contributed by atoms with Gasteiger partial charge in [0.15, 0.2) is 14.9 Å². The molecule has 9 nitrogen and oxygen atoms in total. The van der Waals surface area contributed by atoms with Gasteiger partial charge in [0, 0.05) is 18.3 Å². The Labute approximate surface area is 196 Å². The van der Waals surface area contributed by atoms with Crippen LogP contribution in [0.25, 0.3) is 0 Å². The molecule has 33 heavy (non-hydrogen) atoms. The van der Waals surface area contributed by atoms with Gasteiger partial charge in [-0.3, -0.25) is 0 Å². The highest BCUT2D eigenvalue weighted by molar-refractivity contribution is 7.90. The van der Waals surface area contributed by atoms with E-state index in [1.807, 2.05) is 25.7 Å². The molecule has 1 aromatic rings. The largest absolute Gasteiger partial charge is 0.473 e. The Kier molecular flexibility index (Phi) is 6.87. The third-order valence-electron chi connectivity index (χ3n) is 6.57. The Morgan fingerprint density at radius 2 is 1.55 bits per heavy atom. The van der Waals surface area contributed by atoms with Crippen molar-refractivity contribution in [3.8, 4) is 5.88 Å². The van der Waals surface area contributed by atoms with Crippen LogP contribution in [0.2, 0.25) is 0 Å². The average molecular weight is 482 g/mol. The number of hydrogen-bond donors (Lipinski definition) is 0. The molecule has 10 heteroatoms. The second kappa shape index (κ2) is 9.37. The summed E-state index contributed by atoms with van der Waals surface area (Å²) in [6, 6.07) is 0.411. The molecule has 2 bridgehead atoms. The molecule has 1 aromatic heterocycles. The van der Waals surface area contributed by atoms with Crippen molar-refractivity contribution < 1.29 is 27.4 Å². The van der Waals surface area contributed by atoms with Crippen LogP contribution in [-0.2, 0) is 19.3 Å². The second-order valence-electron chi connectivity index (χ2n) is 10.5. The number of aromatic nitrogens is 2. The van der Waals surface area contributed by atoms with Crippen LogP contribution in [0.15, 0.2) is 17.4 Å². The molecule has 3 aliphatic rings. The van der Waals surface area contributed by atoms with E-state index in [9.17, 15) is 13.2 Å². The molecule has 0 spiro atoms. The summed E-state index contributed by atoms with van der Waals surface area (Å²) in [5.74, 6) is 0.345. The highest BCUT2D eigenvalue weighted by Crippen LogP contribution is 2.39. The lowest BCUT2D eigenvalue weighted by atomic mass is 9.93. The van der Waals surface area contributed by atoms with Crippen molar-refractivity contribution in [3.05, 3.63) is 12.4 Å². The summed E-state index contributed by atoms with van der Waals surface area (Å²) in [6.45, 7) is 5.71. The van der Waals surface area contributed by atoms with Crippen molar-refractivity contribution in [3.63, 3.8) is 0 Å². The minimum atomic E-state index is -3.37. The predicted molar refractivity (Wildman–Crippen MR) is 121 cm³/mol. The number of carbonyl (C=O) groups is 1. The van der Waals surface area contributed by atoms with E-state index < -0.39 is 15.4 Å². The fourth-order valence-corrected chi connectivity index (χ4v) is 5.63. The second-order valence-corrected chi connectivity index (χ2v) is 12.4. The Bertz CT molecular complexity index is 924. The van der Waals surface area contributed by atoms with Gasteiger partial charge >= 0.3 is 6.09 Å². The smallest absolute Gasteiger partial charge is 0.410 e. The van der Waals surface area contributed by atoms with Gasteiger partial charge in [0.2, 0.25) is 5.88 Å². The van der Waals surface area contributed by atoms with Gasteiger partial charge < -0.3 is 19.1 Å². The van der Waals surface area contributed by atoms with Crippen LogP contribution in [0, 0.1) is 0 Å². The molecule has 3 fully saturated rings. The first-order valence-corrected chi connectivity index (χ1v) is 13.7. The highest BCUT2D eigenvalue weighted by Gasteiger charge is 2.45. The van der Waals surface area contributed by atoms with Crippen molar-refractivity contribution in [1.82, 2.24) is 14.9 Å². The molecule has 4 rings (SSSR count). The van der Waals surface area contributed by atoms with Gasteiger partial charge in [0.25, 0.3) is 0 Å². The number of piperidine rings is 1. The highest BCUT2D eigenvalue weighted by atomic mass is 32.2. The van der Waals surface area contributed by atoms with E-state index in [4.69, 9.17) is 14.2 Å². The number of fused-ring (bicyclic) bond motifs is 2. The molecule has 1 unspecified atom stereocenters. The van der Waals surface area contributed by atoms with E-state index in [1.165, 1.54) is 12.4 Å². The summed E-state index contributed by atoms with van der Waals surface area (Å²) in [6.07, 6.45) is 11.2. The van der Waals surface area contributed by atoms with Crippen LogP contribution in [0.4, 0.5) is 4.79 Å². The van der Waals surface area contributed by atoms with Crippen LogP contribution >= 0.6 is 0 Å². The lowest BCUT2D eigenvalue weighted by molar-refractivity contribution is -0.0815. The molecule has 0 aromatic carbocycles. The number of amides is 1. The minimum absolute atomic E-state index is 0.0217. The van der Waals surface area contributed by atoms with Gasteiger partial charge in [0.1, 0.15) is 11.7 Å². The quantitative estimate of drug-likeness (QED) is 0.629. The zero-order valence-electron chi connectivity index (χ0n) is 19.9. The molecular weight excluding hydrogens is 446 g/mol. The van der Waals surface area contributed by atoms with Crippen molar-refractivity contribution in [2.24, 2.45) is 0 Å². The van der Waals surface area contributed by atoms with Crippen LogP contribution in [0.1, 0.15) is 72.1 Å². The average Bonchev–Trinajstić information content (AvgIpc) is 2.99. The van der Waals surface area contributed by atoms with Gasteiger partial charge in [-0.1, -0.05) is 0 Å².